The average Bonchev–Trinajstić information content (AvgIpc) is 2.42. The molecule has 1 aliphatic carbocycles. The lowest BCUT2D eigenvalue weighted by atomic mass is 9.75. The summed E-state index contributed by atoms with van der Waals surface area (Å²) in [6.07, 6.45) is 5.88. The molecule has 2 aliphatic rings. The highest BCUT2D eigenvalue weighted by atomic mass is 16.5. The SMILES string of the molecule is COC(=O)CC1CCC(C)C12CC=N2. The number of nitrogens with zero attached hydrogens (tertiary/aromatic N) is 1. The van der Waals surface area contributed by atoms with Crippen molar-refractivity contribution in [2.24, 2.45) is 16.8 Å². The van der Waals surface area contributed by atoms with Crippen LogP contribution in [0.1, 0.15) is 32.6 Å². The van der Waals surface area contributed by atoms with E-state index in [1.54, 1.807) is 0 Å². The summed E-state index contributed by atoms with van der Waals surface area (Å²) in [6, 6.07) is 0. The summed E-state index contributed by atoms with van der Waals surface area (Å²) >= 11 is 0. The molecule has 2 rings (SSSR count). The van der Waals surface area contributed by atoms with Gasteiger partial charge in [-0.1, -0.05) is 6.92 Å². The summed E-state index contributed by atoms with van der Waals surface area (Å²) in [5, 5.41) is 0. The molecular formula is C11H17NO2. The first kappa shape index (κ1) is 9.69. The zero-order valence-corrected chi connectivity index (χ0v) is 8.82. The van der Waals surface area contributed by atoms with E-state index in [1.807, 2.05) is 6.21 Å². The Labute approximate surface area is 84.5 Å². The van der Waals surface area contributed by atoms with Gasteiger partial charge in [-0.3, -0.25) is 9.79 Å². The van der Waals surface area contributed by atoms with E-state index in [0.29, 0.717) is 18.3 Å². The van der Waals surface area contributed by atoms with Gasteiger partial charge in [0.2, 0.25) is 0 Å². The first-order valence-electron chi connectivity index (χ1n) is 5.29. The van der Waals surface area contributed by atoms with Crippen molar-refractivity contribution in [3.8, 4) is 0 Å². The Morgan fingerprint density at radius 3 is 2.86 bits per heavy atom. The normalized spacial score (nSPS) is 39.9. The maximum Gasteiger partial charge on any atom is 0.305 e. The van der Waals surface area contributed by atoms with Gasteiger partial charge in [0.05, 0.1) is 19.1 Å². The predicted octanol–water partition coefficient (Wildman–Crippen LogP) is 1.81. The zero-order valence-electron chi connectivity index (χ0n) is 8.82. The molecule has 1 aliphatic heterocycles. The number of hydrogen-bond acceptors (Lipinski definition) is 3. The fourth-order valence-corrected chi connectivity index (χ4v) is 2.82. The Morgan fingerprint density at radius 1 is 1.64 bits per heavy atom. The van der Waals surface area contributed by atoms with Gasteiger partial charge in [0.1, 0.15) is 0 Å². The molecule has 1 fully saturated rings. The molecule has 0 saturated heterocycles. The summed E-state index contributed by atoms with van der Waals surface area (Å²) in [5.41, 5.74) is 0.0915. The molecule has 3 heteroatoms. The topological polar surface area (TPSA) is 38.7 Å². The summed E-state index contributed by atoms with van der Waals surface area (Å²) in [5.74, 6) is 0.947. The van der Waals surface area contributed by atoms with E-state index in [-0.39, 0.29) is 11.5 Å². The first-order valence-corrected chi connectivity index (χ1v) is 5.29. The number of esters is 1. The van der Waals surface area contributed by atoms with E-state index in [0.717, 1.165) is 12.8 Å². The largest absolute Gasteiger partial charge is 0.469 e. The summed E-state index contributed by atoms with van der Waals surface area (Å²) in [4.78, 5) is 15.7. The molecule has 14 heavy (non-hydrogen) atoms. The third-order valence-electron chi connectivity index (χ3n) is 3.90. The van der Waals surface area contributed by atoms with Crippen molar-refractivity contribution in [3.05, 3.63) is 0 Å². The average molecular weight is 195 g/mol. The van der Waals surface area contributed by atoms with Crippen molar-refractivity contribution < 1.29 is 9.53 Å². The molecule has 1 heterocycles. The maximum atomic E-state index is 11.2. The van der Waals surface area contributed by atoms with Crippen molar-refractivity contribution in [1.82, 2.24) is 0 Å². The van der Waals surface area contributed by atoms with Crippen LogP contribution in [0.15, 0.2) is 4.99 Å². The molecule has 78 valence electrons. The van der Waals surface area contributed by atoms with Crippen LogP contribution in [0.3, 0.4) is 0 Å². The van der Waals surface area contributed by atoms with Crippen LogP contribution < -0.4 is 0 Å². The minimum absolute atomic E-state index is 0.0915. The molecule has 1 saturated carbocycles. The molecule has 0 radical (unpaired) electrons. The second-order valence-corrected chi connectivity index (χ2v) is 4.46. The molecule has 3 atom stereocenters. The Bertz CT molecular complexity index is 274. The first-order chi connectivity index (χ1) is 6.69. The van der Waals surface area contributed by atoms with Crippen LogP contribution in [0.4, 0.5) is 0 Å². The van der Waals surface area contributed by atoms with Crippen molar-refractivity contribution in [1.29, 1.82) is 0 Å². The minimum Gasteiger partial charge on any atom is -0.469 e. The highest BCUT2D eigenvalue weighted by Crippen LogP contribution is 2.50. The number of aliphatic imine (C=N–C) groups is 1. The van der Waals surface area contributed by atoms with Crippen LogP contribution in [-0.2, 0) is 9.53 Å². The summed E-state index contributed by atoms with van der Waals surface area (Å²) in [6.45, 7) is 2.24. The molecule has 0 aromatic heterocycles. The Morgan fingerprint density at radius 2 is 2.36 bits per heavy atom. The van der Waals surface area contributed by atoms with Crippen molar-refractivity contribution in [2.75, 3.05) is 7.11 Å². The van der Waals surface area contributed by atoms with Gasteiger partial charge in [-0.25, -0.2) is 0 Å². The minimum atomic E-state index is -0.0921. The van der Waals surface area contributed by atoms with Crippen LogP contribution in [-0.4, -0.2) is 24.8 Å². The highest BCUT2D eigenvalue weighted by Gasteiger charge is 2.50. The maximum absolute atomic E-state index is 11.2. The standard InChI is InChI=1S/C11H17NO2/c1-8-3-4-9(7-10(13)14-2)11(8)5-6-12-11/h6,8-9H,3-5,7H2,1-2H3. The van der Waals surface area contributed by atoms with Gasteiger partial charge in [-0.2, -0.15) is 0 Å². The Hall–Kier alpha value is -0.860. The van der Waals surface area contributed by atoms with E-state index < -0.39 is 0 Å². The Balaban J connectivity index is 2.06. The van der Waals surface area contributed by atoms with Gasteiger partial charge in [-0.05, 0) is 24.7 Å². The second kappa shape index (κ2) is 3.37. The van der Waals surface area contributed by atoms with Crippen LogP contribution in [0.5, 0.6) is 0 Å². The summed E-state index contributed by atoms with van der Waals surface area (Å²) < 4.78 is 4.72. The zero-order chi connectivity index (χ0) is 10.2. The number of hydrogen-bond donors (Lipinski definition) is 0. The Kier molecular flexibility index (Phi) is 2.33. The summed E-state index contributed by atoms with van der Waals surface area (Å²) in [7, 11) is 1.46. The molecular weight excluding hydrogens is 178 g/mol. The smallest absolute Gasteiger partial charge is 0.305 e. The highest BCUT2D eigenvalue weighted by molar-refractivity contribution is 5.72. The number of rotatable bonds is 2. The lowest BCUT2D eigenvalue weighted by Crippen LogP contribution is -2.43. The van der Waals surface area contributed by atoms with Gasteiger partial charge in [0, 0.05) is 12.6 Å². The molecule has 1 spiro atoms. The van der Waals surface area contributed by atoms with Crippen LogP contribution >= 0.6 is 0 Å². The molecule has 3 nitrogen and oxygen atoms in total. The number of carbonyl (C=O) groups is 1. The number of carbonyl (C=O) groups excluding carboxylic acids is 1. The van der Waals surface area contributed by atoms with Crippen molar-refractivity contribution >= 4 is 12.2 Å². The van der Waals surface area contributed by atoms with Gasteiger partial charge < -0.3 is 4.74 Å². The van der Waals surface area contributed by atoms with Gasteiger partial charge in [0.25, 0.3) is 0 Å². The van der Waals surface area contributed by atoms with E-state index in [4.69, 9.17) is 4.74 Å². The molecule has 0 N–H and O–H groups in total. The van der Waals surface area contributed by atoms with E-state index in [9.17, 15) is 4.79 Å². The van der Waals surface area contributed by atoms with Gasteiger partial charge >= 0.3 is 5.97 Å². The second-order valence-electron chi connectivity index (χ2n) is 4.46. The fourth-order valence-electron chi connectivity index (χ4n) is 2.82. The van der Waals surface area contributed by atoms with Gasteiger partial charge in [-0.15, -0.1) is 0 Å². The monoisotopic (exact) mass is 195 g/mol. The van der Waals surface area contributed by atoms with E-state index >= 15 is 0 Å². The van der Waals surface area contributed by atoms with Crippen molar-refractivity contribution in [2.45, 2.75) is 38.1 Å². The van der Waals surface area contributed by atoms with E-state index in [1.165, 1.54) is 13.5 Å². The lowest BCUT2D eigenvalue weighted by Gasteiger charge is -2.39. The third kappa shape index (κ3) is 1.26. The lowest BCUT2D eigenvalue weighted by molar-refractivity contribution is -0.142. The van der Waals surface area contributed by atoms with Gasteiger partial charge in [0.15, 0.2) is 0 Å². The predicted molar refractivity (Wildman–Crippen MR) is 54.4 cm³/mol. The molecule has 0 aromatic rings. The van der Waals surface area contributed by atoms with Crippen LogP contribution in [0.25, 0.3) is 0 Å². The third-order valence-corrected chi connectivity index (χ3v) is 3.90. The number of methoxy groups -OCH3 is 1. The fraction of sp³-hybridized carbons (Fsp3) is 0.818. The van der Waals surface area contributed by atoms with Crippen LogP contribution in [0.2, 0.25) is 0 Å². The molecule has 0 aromatic carbocycles. The van der Waals surface area contributed by atoms with E-state index in [2.05, 4.69) is 11.9 Å². The van der Waals surface area contributed by atoms with Crippen LogP contribution in [0, 0.1) is 11.8 Å². The molecule has 0 bridgehead atoms. The number of ether oxygens (including phenoxy) is 1. The van der Waals surface area contributed by atoms with Crippen molar-refractivity contribution in [3.63, 3.8) is 0 Å². The molecule has 3 unspecified atom stereocenters. The quantitative estimate of drug-likeness (QED) is 0.630. The molecule has 0 amide bonds.